The van der Waals surface area contributed by atoms with E-state index in [9.17, 15) is 4.39 Å². The molecule has 6 heteroatoms. The lowest BCUT2D eigenvalue weighted by molar-refractivity contribution is 0.628. The molecular formula is C22H19FN4S. The van der Waals surface area contributed by atoms with Crippen molar-refractivity contribution in [1.82, 2.24) is 9.66 Å². The fourth-order valence-corrected chi connectivity index (χ4v) is 3.64. The Labute approximate surface area is 166 Å². The van der Waals surface area contributed by atoms with Crippen molar-refractivity contribution in [3.05, 3.63) is 93.6 Å². The van der Waals surface area contributed by atoms with Crippen molar-refractivity contribution in [3.63, 3.8) is 0 Å². The molecule has 0 spiro atoms. The Hall–Kier alpha value is -3.25. The predicted molar refractivity (Wildman–Crippen MR) is 113 cm³/mol. The van der Waals surface area contributed by atoms with Crippen molar-refractivity contribution in [2.75, 3.05) is 0 Å². The zero-order valence-corrected chi connectivity index (χ0v) is 16.4. The van der Waals surface area contributed by atoms with Gasteiger partial charge in [0.05, 0.1) is 23.3 Å². The second kappa shape index (κ2) is 7.78. The van der Waals surface area contributed by atoms with Crippen molar-refractivity contribution in [2.45, 2.75) is 13.8 Å². The molecule has 28 heavy (non-hydrogen) atoms. The van der Waals surface area contributed by atoms with Crippen molar-refractivity contribution in [2.24, 2.45) is 10.1 Å². The van der Waals surface area contributed by atoms with Gasteiger partial charge in [-0.15, -0.1) is 11.3 Å². The van der Waals surface area contributed by atoms with E-state index in [-0.39, 0.29) is 5.82 Å². The number of rotatable bonds is 4. The van der Waals surface area contributed by atoms with E-state index in [1.807, 2.05) is 37.6 Å². The zero-order valence-electron chi connectivity index (χ0n) is 15.6. The van der Waals surface area contributed by atoms with Gasteiger partial charge in [-0.2, -0.15) is 5.10 Å². The number of aromatic amines is 1. The van der Waals surface area contributed by atoms with Gasteiger partial charge in [0.2, 0.25) is 4.80 Å². The molecule has 0 radical (unpaired) electrons. The quantitative estimate of drug-likeness (QED) is 0.453. The summed E-state index contributed by atoms with van der Waals surface area (Å²) in [6, 6.07) is 16.5. The molecule has 4 aromatic rings. The normalized spacial score (nSPS) is 12.2. The van der Waals surface area contributed by atoms with Crippen molar-refractivity contribution >= 4 is 23.2 Å². The number of nitrogens with zero attached hydrogens (tertiary/aromatic N) is 3. The molecular weight excluding hydrogens is 371 g/mol. The number of thiazole rings is 1. The molecule has 0 aliphatic carbocycles. The van der Waals surface area contributed by atoms with Crippen LogP contribution in [-0.4, -0.2) is 15.9 Å². The monoisotopic (exact) mass is 390 g/mol. The molecule has 0 unspecified atom stereocenters. The van der Waals surface area contributed by atoms with Crippen LogP contribution >= 0.6 is 11.3 Å². The number of hydrogen-bond donors (Lipinski definition) is 1. The summed E-state index contributed by atoms with van der Waals surface area (Å²) in [5.74, 6) is -0.263. The van der Waals surface area contributed by atoms with Crippen LogP contribution < -0.4 is 4.80 Å². The van der Waals surface area contributed by atoms with Crippen LogP contribution in [0, 0.1) is 19.7 Å². The molecule has 2 heterocycles. The standard InChI is InChI=1S/C22H19FN4S/c1-15-5-6-16(2)20(12-15)26-22-27(25-13-19-4-3-11-24-19)21(14-28-22)17-7-9-18(23)10-8-17/h3-14,24H,1-2H3. The molecule has 0 aliphatic heterocycles. The number of aromatic nitrogens is 2. The molecule has 0 saturated heterocycles. The molecule has 4 rings (SSSR count). The second-order valence-electron chi connectivity index (χ2n) is 6.49. The summed E-state index contributed by atoms with van der Waals surface area (Å²) >= 11 is 1.50. The average Bonchev–Trinajstić information content (AvgIpc) is 3.34. The van der Waals surface area contributed by atoms with E-state index in [1.54, 1.807) is 23.0 Å². The van der Waals surface area contributed by atoms with Gasteiger partial charge in [0, 0.05) is 17.1 Å². The van der Waals surface area contributed by atoms with Gasteiger partial charge < -0.3 is 4.98 Å². The lowest BCUT2D eigenvalue weighted by atomic mass is 10.1. The maximum Gasteiger partial charge on any atom is 0.211 e. The summed E-state index contributed by atoms with van der Waals surface area (Å²) < 4.78 is 15.1. The highest BCUT2D eigenvalue weighted by molar-refractivity contribution is 7.07. The molecule has 2 aromatic carbocycles. The highest BCUT2D eigenvalue weighted by atomic mass is 32.1. The number of H-pyrrole nitrogens is 1. The molecule has 0 fully saturated rings. The Morgan fingerprint density at radius 1 is 1.07 bits per heavy atom. The Balaban J connectivity index is 1.87. The maximum absolute atomic E-state index is 13.4. The van der Waals surface area contributed by atoms with Gasteiger partial charge in [-0.3, -0.25) is 0 Å². The first-order chi connectivity index (χ1) is 13.6. The molecule has 1 N–H and O–H groups in total. The van der Waals surface area contributed by atoms with Gasteiger partial charge in [0.15, 0.2) is 0 Å². The minimum atomic E-state index is -0.263. The Morgan fingerprint density at radius 2 is 1.89 bits per heavy atom. The molecule has 140 valence electrons. The van der Waals surface area contributed by atoms with Crippen LogP contribution in [0.1, 0.15) is 16.8 Å². The third kappa shape index (κ3) is 3.87. The van der Waals surface area contributed by atoms with Crippen LogP contribution in [0.5, 0.6) is 0 Å². The fraction of sp³-hybridized carbons (Fsp3) is 0.0909. The van der Waals surface area contributed by atoms with E-state index in [2.05, 4.69) is 28.3 Å². The largest absolute Gasteiger partial charge is 0.360 e. The molecule has 2 aromatic heterocycles. The minimum Gasteiger partial charge on any atom is -0.360 e. The van der Waals surface area contributed by atoms with Crippen LogP contribution in [0.3, 0.4) is 0 Å². The van der Waals surface area contributed by atoms with Gasteiger partial charge in [0.25, 0.3) is 0 Å². The number of benzene rings is 2. The van der Waals surface area contributed by atoms with Crippen LogP contribution in [0.15, 0.2) is 76.3 Å². The maximum atomic E-state index is 13.4. The van der Waals surface area contributed by atoms with Gasteiger partial charge in [-0.05, 0) is 67.4 Å². The third-order valence-corrected chi connectivity index (χ3v) is 5.16. The van der Waals surface area contributed by atoms with Gasteiger partial charge in [-0.1, -0.05) is 12.1 Å². The van der Waals surface area contributed by atoms with E-state index < -0.39 is 0 Å². The average molecular weight is 390 g/mol. The molecule has 0 amide bonds. The van der Waals surface area contributed by atoms with Crippen LogP contribution in [0.2, 0.25) is 0 Å². The van der Waals surface area contributed by atoms with Crippen LogP contribution in [0.4, 0.5) is 10.1 Å². The van der Waals surface area contributed by atoms with E-state index in [0.717, 1.165) is 38.6 Å². The summed E-state index contributed by atoms with van der Waals surface area (Å²) in [5, 5.41) is 6.63. The van der Waals surface area contributed by atoms with Crippen LogP contribution in [-0.2, 0) is 0 Å². The summed E-state index contributed by atoms with van der Waals surface area (Å²) in [7, 11) is 0. The van der Waals surface area contributed by atoms with Gasteiger partial charge in [0.1, 0.15) is 5.82 Å². The smallest absolute Gasteiger partial charge is 0.211 e. The summed E-state index contributed by atoms with van der Waals surface area (Å²) in [6.45, 7) is 4.09. The van der Waals surface area contributed by atoms with E-state index in [0.29, 0.717) is 0 Å². The minimum absolute atomic E-state index is 0.263. The molecule has 0 aliphatic rings. The van der Waals surface area contributed by atoms with Gasteiger partial charge in [-0.25, -0.2) is 14.1 Å². The van der Waals surface area contributed by atoms with E-state index in [1.165, 1.54) is 23.5 Å². The molecule has 0 atom stereocenters. The van der Waals surface area contributed by atoms with Crippen molar-refractivity contribution in [1.29, 1.82) is 0 Å². The fourth-order valence-electron chi connectivity index (χ4n) is 2.80. The van der Waals surface area contributed by atoms with Gasteiger partial charge >= 0.3 is 0 Å². The lowest BCUT2D eigenvalue weighted by Crippen LogP contribution is -2.11. The zero-order chi connectivity index (χ0) is 19.5. The summed E-state index contributed by atoms with van der Waals surface area (Å²) in [6.07, 6.45) is 3.60. The Morgan fingerprint density at radius 3 is 2.64 bits per heavy atom. The first kappa shape index (κ1) is 18.1. The SMILES string of the molecule is Cc1ccc(C)c(N=c2scc(-c3ccc(F)cc3)n2N=Cc2ccc[nH]2)c1. The third-order valence-electron chi connectivity index (χ3n) is 4.34. The number of aryl methyl sites for hydroxylation is 2. The Bertz CT molecular complexity index is 1180. The number of halogens is 1. The van der Waals surface area contributed by atoms with E-state index >= 15 is 0 Å². The molecule has 0 bridgehead atoms. The predicted octanol–water partition coefficient (Wildman–Crippen LogP) is 5.42. The first-order valence-electron chi connectivity index (χ1n) is 8.86. The van der Waals surface area contributed by atoms with E-state index in [4.69, 9.17) is 4.99 Å². The summed E-state index contributed by atoms with van der Waals surface area (Å²) in [5.41, 5.74) is 5.79. The first-order valence-corrected chi connectivity index (χ1v) is 9.74. The lowest BCUT2D eigenvalue weighted by Gasteiger charge is -2.04. The highest BCUT2D eigenvalue weighted by Gasteiger charge is 2.08. The molecule has 0 saturated carbocycles. The highest BCUT2D eigenvalue weighted by Crippen LogP contribution is 2.23. The molecule has 4 nitrogen and oxygen atoms in total. The number of nitrogens with one attached hydrogen (secondary N) is 1. The second-order valence-corrected chi connectivity index (χ2v) is 7.33. The topological polar surface area (TPSA) is 45.4 Å². The summed E-state index contributed by atoms with van der Waals surface area (Å²) in [4.78, 5) is 8.71. The van der Waals surface area contributed by atoms with Crippen molar-refractivity contribution < 1.29 is 4.39 Å². The van der Waals surface area contributed by atoms with Crippen molar-refractivity contribution in [3.8, 4) is 11.3 Å². The Kier molecular flexibility index (Phi) is 5.04. The van der Waals surface area contributed by atoms with Crippen LogP contribution in [0.25, 0.3) is 11.3 Å². The number of hydrogen-bond acceptors (Lipinski definition) is 3.